The van der Waals surface area contributed by atoms with Gasteiger partial charge in [-0.1, -0.05) is 0 Å². The van der Waals surface area contributed by atoms with Gasteiger partial charge in [-0.15, -0.1) is 0 Å². The Kier molecular flexibility index (Phi) is 1.22. The second-order valence-electron chi connectivity index (χ2n) is 2.65. The van der Waals surface area contributed by atoms with Crippen molar-refractivity contribution in [2.75, 3.05) is 6.61 Å². The molecule has 3 atom stereocenters. The van der Waals surface area contributed by atoms with Gasteiger partial charge in [0.25, 0.3) is 0 Å². The summed E-state index contributed by atoms with van der Waals surface area (Å²) in [5, 5.41) is 9.13. The lowest BCUT2D eigenvalue weighted by atomic mass is 10.1. The van der Waals surface area contributed by atoms with E-state index in [9.17, 15) is 0 Å². The molecule has 0 amide bonds. The van der Waals surface area contributed by atoms with Crippen LogP contribution in [0.3, 0.4) is 0 Å². The molecule has 2 bridgehead atoms. The number of hydrogen-bond donors (Lipinski definition) is 1. The van der Waals surface area contributed by atoms with Crippen LogP contribution in [0.1, 0.15) is 12.8 Å². The lowest BCUT2D eigenvalue weighted by molar-refractivity contribution is -0.116. The summed E-state index contributed by atoms with van der Waals surface area (Å²) in [5.74, 6) is 0. The van der Waals surface area contributed by atoms with Crippen LogP contribution < -0.4 is 0 Å². The molecular weight excluding hydrogens is 120 g/mol. The molecule has 2 aliphatic rings. The number of aliphatic hydroxyl groups is 1. The number of rotatable bonds is 0. The van der Waals surface area contributed by atoms with Gasteiger partial charge in [-0.05, 0) is 0 Å². The second-order valence-corrected chi connectivity index (χ2v) is 2.65. The third kappa shape index (κ3) is 0.956. The maximum atomic E-state index is 9.13. The zero-order valence-corrected chi connectivity index (χ0v) is 5.12. The summed E-state index contributed by atoms with van der Waals surface area (Å²) in [6.45, 7) is 0.668. The summed E-state index contributed by atoms with van der Waals surface area (Å²) in [4.78, 5) is 0. The van der Waals surface area contributed by atoms with Crippen molar-refractivity contribution in [1.82, 2.24) is 0 Å². The van der Waals surface area contributed by atoms with Crippen molar-refractivity contribution in [1.29, 1.82) is 0 Å². The van der Waals surface area contributed by atoms with Gasteiger partial charge in [0.1, 0.15) is 0 Å². The molecule has 2 unspecified atom stereocenters. The average Bonchev–Trinajstić information content (AvgIpc) is 2.11. The molecular formula is C6H10O3. The zero-order chi connectivity index (χ0) is 6.27. The highest BCUT2D eigenvalue weighted by Crippen LogP contribution is 2.26. The van der Waals surface area contributed by atoms with Crippen LogP contribution in [0.2, 0.25) is 0 Å². The summed E-state index contributed by atoms with van der Waals surface area (Å²) in [6, 6.07) is 0. The van der Waals surface area contributed by atoms with Gasteiger partial charge >= 0.3 is 0 Å². The topological polar surface area (TPSA) is 38.7 Å². The first-order valence-corrected chi connectivity index (χ1v) is 3.30. The molecule has 3 nitrogen and oxygen atoms in total. The van der Waals surface area contributed by atoms with Gasteiger partial charge in [-0.3, -0.25) is 0 Å². The van der Waals surface area contributed by atoms with Crippen LogP contribution in [0.5, 0.6) is 0 Å². The van der Waals surface area contributed by atoms with Gasteiger partial charge in [-0.2, -0.15) is 0 Å². The number of fused-ring (bicyclic) bond motifs is 2. The minimum atomic E-state index is -0.198. The Balaban J connectivity index is 2.03. The molecule has 2 fully saturated rings. The van der Waals surface area contributed by atoms with Crippen molar-refractivity contribution in [3.05, 3.63) is 0 Å². The maximum absolute atomic E-state index is 9.13. The van der Waals surface area contributed by atoms with Crippen LogP contribution in [0, 0.1) is 0 Å². The zero-order valence-electron chi connectivity index (χ0n) is 5.12. The SMILES string of the molecule is OC1CC2OC[C@H](C1)O2. The van der Waals surface area contributed by atoms with E-state index in [0.29, 0.717) is 13.0 Å². The first kappa shape index (κ1) is 5.65. The van der Waals surface area contributed by atoms with E-state index in [2.05, 4.69) is 0 Å². The predicted octanol–water partition coefficient (Wildman–Crippen LogP) is -0.117. The average molecular weight is 130 g/mol. The van der Waals surface area contributed by atoms with E-state index in [1.165, 1.54) is 0 Å². The van der Waals surface area contributed by atoms with Crippen molar-refractivity contribution in [2.45, 2.75) is 31.3 Å². The van der Waals surface area contributed by atoms with E-state index in [1.807, 2.05) is 0 Å². The third-order valence-corrected chi connectivity index (χ3v) is 1.81. The molecule has 1 N–H and O–H groups in total. The van der Waals surface area contributed by atoms with Crippen molar-refractivity contribution < 1.29 is 14.6 Å². The van der Waals surface area contributed by atoms with E-state index in [-0.39, 0.29) is 18.5 Å². The van der Waals surface area contributed by atoms with E-state index in [0.717, 1.165) is 6.42 Å². The minimum Gasteiger partial charge on any atom is -0.393 e. The number of aliphatic hydroxyl groups excluding tert-OH is 1. The fourth-order valence-electron chi connectivity index (χ4n) is 1.38. The van der Waals surface area contributed by atoms with Crippen molar-refractivity contribution in [2.24, 2.45) is 0 Å². The molecule has 0 spiro atoms. The highest BCUT2D eigenvalue weighted by molar-refractivity contribution is 4.77. The molecule has 0 radical (unpaired) electrons. The van der Waals surface area contributed by atoms with Gasteiger partial charge < -0.3 is 14.6 Å². The Bertz CT molecular complexity index is 103. The molecule has 2 aliphatic heterocycles. The number of ether oxygens (including phenoxy) is 2. The smallest absolute Gasteiger partial charge is 0.160 e. The van der Waals surface area contributed by atoms with Crippen LogP contribution in [0.25, 0.3) is 0 Å². The molecule has 0 saturated carbocycles. The predicted molar refractivity (Wildman–Crippen MR) is 29.9 cm³/mol. The maximum Gasteiger partial charge on any atom is 0.160 e. The first-order valence-electron chi connectivity index (χ1n) is 3.30. The molecule has 2 saturated heterocycles. The molecule has 2 rings (SSSR count). The van der Waals surface area contributed by atoms with Crippen LogP contribution in [-0.4, -0.2) is 30.2 Å². The fourth-order valence-corrected chi connectivity index (χ4v) is 1.38. The largest absolute Gasteiger partial charge is 0.393 e. The quantitative estimate of drug-likeness (QED) is 0.497. The third-order valence-electron chi connectivity index (χ3n) is 1.81. The summed E-state index contributed by atoms with van der Waals surface area (Å²) in [6.07, 6.45) is 1.25. The summed E-state index contributed by atoms with van der Waals surface area (Å²) < 4.78 is 10.5. The molecule has 0 aliphatic carbocycles. The van der Waals surface area contributed by atoms with E-state index in [1.54, 1.807) is 0 Å². The van der Waals surface area contributed by atoms with E-state index < -0.39 is 0 Å². The minimum absolute atomic E-state index is 0.112. The Labute approximate surface area is 53.6 Å². The van der Waals surface area contributed by atoms with Gasteiger partial charge in [0.15, 0.2) is 6.29 Å². The Morgan fingerprint density at radius 2 is 2.22 bits per heavy atom. The van der Waals surface area contributed by atoms with Crippen LogP contribution in [0.4, 0.5) is 0 Å². The first-order chi connectivity index (χ1) is 4.34. The molecule has 0 aromatic carbocycles. The normalized spacial score (nSPS) is 49.7. The Morgan fingerprint density at radius 3 is 3.00 bits per heavy atom. The molecule has 9 heavy (non-hydrogen) atoms. The van der Waals surface area contributed by atoms with Gasteiger partial charge in [0.2, 0.25) is 0 Å². The monoisotopic (exact) mass is 130 g/mol. The highest BCUT2D eigenvalue weighted by atomic mass is 16.7. The Hall–Kier alpha value is -0.120. The lowest BCUT2D eigenvalue weighted by Gasteiger charge is -2.21. The van der Waals surface area contributed by atoms with Crippen LogP contribution >= 0.6 is 0 Å². The van der Waals surface area contributed by atoms with Gasteiger partial charge in [0, 0.05) is 12.8 Å². The molecule has 3 heteroatoms. The summed E-state index contributed by atoms with van der Waals surface area (Å²) in [7, 11) is 0. The van der Waals surface area contributed by atoms with Gasteiger partial charge in [-0.25, -0.2) is 0 Å². The second kappa shape index (κ2) is 1.94. The molecule has 52 valence electrons. The van der Waals surface area contributed by atoms with Crippen molar-refractivity contribution in [3.63, 3.8) is 0 Å². The van der Waals surface area contributed by atoms with Gasteiger partial charge in [0.05, 0.1) is 18.8 Å². The molecule has 2 heterocycles. The van der Waals surface area contributed by atoms with Crippen LogP contribution in [-0.2, 0) is 9.47 Å². The number of hydrogen-bond acceptors (Lipinski definition) is 3. The standard InChI is InChI=1S/C6H10O3/c7-4-1-5-3-8-6(2-4)9-5/h4-7H,1-3H2/t4?,5-,6?/m0/s1. The molecule has 0 aromatic heterocycles. The lowest BCUT2D eigenvalue weighted by Crippen LogP contribution is -2.28. The summed E-state index contributed by atoms with van der Waals surface area (Å²) >= 11 is 0. The van der Waals surface area contributed by atoms with Crippen molar-refractivity contribution in [3.8, 4) is 0 Å². The fraction of sp³-hybridized carbons (Fsp3) is 1.00. The van der Waals surface area contributed by atoms with E-state index in [4.69, 9.17) is 14.6 Å². The highest BCUT2D eigenvalue weighted by Gasteiger charge is 2.34. The van der Waals surface area contributed by atoms with Crippen LogP contribution in [0.15, 0.2) is 0 Å². The Morgan fingerprint density at radius 1 is 1.33 bits per heavy atom. The molecule has 0 aromatic rings. The summed E-state index contributed by atoms with van der Waals surface area (Å²) in [5.41, 5.74) is 0. The van der Waals surface area contributed by atoms with E-state index >= 15 is 0 Å². The van der Waals surface area contributed by atoms with Crippen molar-refractivity contribution >= 4 is 0 Å².